The van der Waals surface area contributed by atoms with Crippen molar-refractivity contribution in [1.29, 1.82) is 0 Å². The van der Waals surface area contributed by atoms with Crippen LogP contribution in [0.2, 0.25) is 0 Å². The Morgan fingerprint density at radius 2 is 1.83 bits per heavy atom. The number of carbonyl (C=O) groups excluding carboxylic acids is 2. The summed E-state index contributed by atoms with van der Waals surface area (Å²) in [5, 5.41) is 15.1. The van der Waals surface area contributed by atoms with Gasteiger partial charge in [-0.3, -0.25) is 9.59 Å². The van der Waals surface area contributed by atoms with Gasteiger partial charge in [0.15, 0.2) is 0 Å². The number of amides is 1. The van der Waals surface area contributed by atoms with E-state index < -0.39 is 17.7 Å². The molecule has 30 heavy (non-hydrogen) atoms. The number of carbonyl (C=O) groups is 2. The molecule has 0 radical (unpaired) electrons. The Morgan fingerprint density at radius 1 is 1.10 bits per heavy atom. The molecule has 0 aliphatic carbocycles. The van der Waals surface area contributed by atoms with E-state index in [0.29, 0.717) is 17.9 Å². The van der Waals surface area contributed by atoms with Crippen LogP contribution in [0.25, 0.3) is 5.76 Å². The maximum absolute atomic E-state index is 13.1. The highest BCUT2D eigenvalue weighted by Gasteiger charge is 2.46. The minimum atomic E-state index is -0.657. The van der Waals surface area contributed by atoms with Gasteiger partial charge in [-0.25, -0.2) is 0 Å². The lowest BCUT2D eigenvalue weighted by molar-refractivity contribution is -0.140. The van der Waals surface area contributed by atoms with Crippen molar-refractivity contribution in [2.45, 2.75) is 26.4 Å². The molecule has 1 aromatic carbocycles. The molecule has 154 valence electrons. The molecule has 0 bridgehead atoms. The zero-order valence-electron chi connectivity index (χ0n) is 16.8. The Balaban J connectivity index is 1.87. The first kappa shape index (κ1) is 20.4. The molecular formula is C23H21NO4S2. The highest BCUT2D eigenvalue weighted by Crippen LogP contribution is 2.43. The molecule has 3 heterocycles. The number of Topliss-reactive ketones (excluding diaryl/α,β-unsaturated/α-hetero) is 1. The average Bonchev–Trinajstić information content (AvgIpc) is 3.48. The fourth-order valence-electron chi connectivity index (χ4n) is 3.77. The van der Waals surface area contributed by atoms with Gasteiger partial charge < -0.3 is 14.7 Å². The van der Waals surface area contributed by atoms with E-state index in [1.54, 1.807) is 18.1 Å². The number of hydrogen-bond acceptors (Lipinski definition) is 6. The molecule has 1 atom stereocenters. The molecule has 1 fully saturated rings. The van der Waals surface area contributed by atoms with Gasteiger partial charge in [0.25, 0.3) is 11.7 Å². The fraction of sp³-hybridized carbons (Fsp3) is 0.217. The van der Waals surface area contributed by atoms with Crippen LogP contribution in [-0.4, -0.2) is 28.8 Å². The maximum atomic E-state index is 13.1. The van der Waals surface area contributed by atoms with Crippen LogP contribution >= 0.6 is 22.7 Å². The summed E-state index contributed by atoms with van der Waals surface area (Å²) in [6, 6.07) is 10.6. The third-order valence-corrected chi connectivity index (χ3v) is 7.04. The summed E-state index contributed by atoms with van der Waals surface area (Å²) in [7, 11) is 1.59. The first-order valence-corrected chi connectivity index (χ1v) is 11.2. The third-order valence-electron chi connectivity index (χ3n) is 5.26. The van der Waals surface area contributed by atoms with Gasteiger partial charge in [-0.2, -0.15) is 0 Å². The summed E-state index contributed by atoms with van der Waals surface area (Å²) in [6.45, 7) is 4.04. The topological polar surface area (TPSA) is 66.8 Å². The zero-order valence-corrected chi connectivity index (χ0v) is 18.5. The van der Waals surface area contributed by atoms with Crippen molar-refractivity contribution in [3.8, 4) is 5.75 Å². The largest absolute Gasteiger partial charge is 0.507 e. The number of nitrogens with zero attached hydrogens (tertiary/aromatic N) is 1. The van der Waals surface area contributed by atoms with Crippen molar-refractivity contribution in [2.75, 3.05) is 7.11 Å². The van der Waals surface area contributed by atoms with Gasteiger partial charge in [-0.15, -0.1) is 22.7 Å². The standard InChI is InChI=1S/C23H21NO4S2/c1-13-11-17(28-3)14(2)10-16(13)21(25)19-20(18-7-5-9-30-18)24(23(27)22(19)26)12-15-6-4-8-29-15/h4-11,20,25H,12H2,1-3H3/b21-19-. The van der Waals surface area contributed by atoms with Crippen molar-refractivity contribution in [3.63, 3.8) is 0 Å². The molecule has 1 unspecified atom stereocenters. The highest BCUT2D eigenvalue weighted by atomic mass is 32.1. The number of aliphatic hydroxyl groups is 1. The number of aliphatic hydroxyl groups excluding tert-OH is 1. The van der Waals surface area contributed by atoms with Crippen LogP contribution in [0.3, 0.4) is 0 Å². The minimum absolute atomic E-state index is 0.131. The van der Waals surface area contributed by atoms with Crippen LogP contribution in [-0.2, 0) is 16.1 Å². The Labute approximate surface area is 182 Å². The van der Waals surface area contributed by atoms with Crippen molar-refractivity contribution in [3.05, 3.63) is 79.2 Å². The van der Waals surface area contributed by atoms with Crippen LogP contribution in [0, 0.1) is 13.8 Å². The molecule has 3 aromatic rings. The van der Waals surface area contributed by atoms with Crippen molar-refractivity contribution in [2.24, 2.45) is 0 Å². The van der Waals surface area contributed by atoms with Crippen molar-refractivity contribution >= 4 is 40.1 Å². The summed E-state index contributed by atoms with van der Waals surface area (Å²) in [5.74, 6) is -0.692. The van der Waals surface area contributed by atoms with Gasteiger partial charge in [0.2, 0.25) is 0 Å². The lowest BCUT2D eigenvalue weighted by Crippen LogP contribution is -2.28. The van der Waals surface area contributed by atoms with Crippen LogP contribution in [0.5, 0.6) is 5.75 Å². The Morgan fingerprint density at radius 3 is 2.47 bits per heavy atom. The molecule has 1 aliphatic heterocycles. The molecule has 2 aromatic heterocycles. The fourth-order valence-corrected chi connectivity index (χ4v) is 5.31. The van der Waals surface area contributed by atoms with E-state index >= 15 is 0 Å². The SMILES string of the molecule is COc1cc(C)c(/C(O)=C2/C(=O)C(=O)N(Cc3cccs3)C2c2cccs2)cc1C. The number of ketones is 1. The second-order valence-corrected chi connectivity index (χ2v) is 9.17. The van der Waals surface area contributed by atoms with Gasteiger partial charge in [0.1, 0.15) is 17.6 Å². The molecule has 4 rings (SSSR count). The van der Waals surface area contributed by atoms with Crippen LogP contribution in [0.1, 0.15) is 32.5 Å². The summed E-state index contributed by atoms with van der Waals surface area (Å²) in [4.78, 5) is 29.4. The molecule has 1 saturated heterocycles. The van der Waals surface area contributed by atoms with E-state index in [9.17, 15) is 14.7 Å². The predicted molar refractivity (Wildman–Crippen MR) is 119 cm³/mol. The average molecular weight is 440 g/mol. The summed E-state index contributed by atoms with van der Waals surface area (Å²) in [5.41, 5.74) is 2.27. The second-order valence-electron chi connectivity index (χ2n) is 7.16. The summed E-state index contributed by atoms with van der Waals surface area (Å²) >= 11 is 2.99. The first-order chi connectivity index (χ1) is 14.4. The molecule has 1 N–H and O–H groups in total. The number of aryl methyl sites for hydroxylation is 2. The van der Waals surface area contributed by atoms with Crippen molar-refractivity contribution in [1.82, 2.24) is 4.90 Å². The molecule has 0 saturated carbocycles. The van der Waals surface area contributed by atoms with Crippen LogP contribution < -0.4 is 4.74 Å². The number of ether oxygens (including phenoxy) is 1. The molecule has 0 spiro atoms. The Kier molecular flexibility index (Phi) is 5.49. The monoisotopic (exact) mass is 439 g/mol. The van der Waals surface area contributed by atoms with Gasteiger partial charge in [-0.1, -0.05) is 12.1 Å². The normalized spacial score (nSPS) is 18.2. The van der Waals surface area contributed by atoms with Crippen LogP contribution in [0.15, 0.2) is 52.7 Å². The first-order valence-electron chi connectivity index (χ1n) is 9.42. The lowest BCUT2D eigenvalue weighted by atomic mass is 9.96. The number of methoxy groups -OCH3 is 1. The van der Waals surface area contributed by atoms with Gasteiger partial charge in [0.05, 0.1) is 19.2 Å². The van der Waals surface area contributed by atoms with Gasteiger partial charge in [-0.05, 0) is 60.0 Å². The van der Waals surface area contributed by atoms with E-state index in [-0.39, 0.29) is 11.3 Å². The van der Waals surface area contributed by atoms with Crippen LogP contribution in [0.4, 0.5) is 0 Å². The number of rotatable bonds is 5. The Hall–Kier alpha value is -2.90. The lowest BCUT2D eigenvalue weighted by Gasteiger charge is -2.23. The summed E-state index contributed by atoms with van der Waals surface area (Å²) < 4.78 is 5.36. The quantitative estimate of drug-likeness (QED) is 0.343. The summed E-state index contributed by atoms with van der Waals surface area (Å²) in [6.07, 6.45) is 0. The molecule has 1 aliphatic rings. The molecule has 7 heteroatoms. The van der Waals surface area contributed by atoms with E-state index in [2.05, 4.69) is 0 Å². The van der Waals surface area contributed by atoms with Crippen molar-refractivity contribution < 1.29 is 19.4 Å². The number of likely N-dealkylation sites (tertiary alicyclic amines) is 1. The molecular weight excluding hydrogens is 418 g/mol. The van der Waals surface area contributed by atoms with Gasteiger partial charge in [0, 0.05) is 15.3 Å². The predicted octanol–water partition coefficient (Wildman–Crippen LogP) is 5.06. The highest BCUT2D eigenvalue weighted by molar-refractivity contribution is 7.10. The van der Waals surface area contributed by atoms with E-state index in [4.69, 9.17) is 4.74 Å². The maximum Gasteiger partial charge on any atom is 0.296 e. The molecule has 5 nitrogen and oxygen atoms in total. The number of hydrogen-bond donors (Lipinski definition) is 1. The third kappa shape index (κ3) is 3.44. The van der Waals surface area contributed by atoms with E-state index in [0.717, 1.165) is 20.9 Å². The Bertz CT molecular complexity index is 1130. The zero-order chi connectivity index (χ0) is 21.4. The van der Waals surface area contributed by atoms with E-state index in [1.807, 2.05) is 54.9 Å². The minimum Gasteiger partial charge on any atom is -0.507 e. The van der Waals surface area contributed by atoms with Gasteiger partial charge >= 0.3 is 0 Å². The smallest absolute Gasteiger partial charge is 0.296 e. The second kappa shape index (κ2) is 8.08. The van der Waals surface area contributed by atoms with E-state index in [1.165, 1.54) is 22.7 Å². The number of benzene rings is 1. The number of thiophene rings is 2. The molecule has 1 amide bonds.